The SMILES string of the molecule is CSc1nnnn1-c1cccc(Cl)c1. The van der Waals surface area contributed by atoms with Gasteiger partial charge in [-0.1, -0.05) is 29.4 Å². The normalized spacial score (nSPS) is 10.4. The van der Waals surface area contributed by atoms with Crippen LogP contribution in [0.2, 0.25) is 5.02 Å². The van der Waals surface area contributed by atoms with Gasteiger partial charge >= 0.3 is 0 Å². The van der Waals surface area contributed by atoms with Crippen molar-refractivity contribution in [1.29, 1.82) is 0 Å². The summed E-state index contributed by atoms with van der Waals surface area (Å²) in [5.41, 5.74) is 0.867. The highest BCUT2D eigenvalue weighted by atomic mass is 35.5. The Morgan fingerprint density at radius 1 is 1.43 bits per heavy atom. The van der Waals surface area contributed by atoms with Crippen LogP contribution < -0.4 is 0 Å². The van der Waals surface area contributed by atoms with Crippen LogP contribution >= 0.6 is 23.4 Å². The van der Waals surface area contributed by atoms with Crippen LogP contribution in [0.25, 0.3) is 5.69 Å². The predicted octanol–water partition coefficient (Wildman–Crippen LogP) is 2.04. The minimum absolute atomic E-state index is 0.671. The van der Waals surface area contributed by atoms with Crippen LogP contribution in [0.4, 0.5) is 0 Å². The van der Waals surface area contributed by atoms with Gasteiger partial charge in [0.25, 0.3) is 0 Å². The number of halogens is 1. The van der Waals surface area contributed by atoms with Gasteiger partial charge in [0.05, 0.1) is 5.69 Å². The van der Waals surface area contributed by atoms with E-state index in [9.17, 15) is 0 Å². The molecule has 0 bridgehead atoms. The third-order valence-electron chi connectivity index (χ3n) is 1.68. The standard InChI is InChI=1S/C8H7ClN4S/c1-14-8-10-11-12-13(8)7-4-2-3-6(9)5-7/h2-5H,1H3. The summed E-state index contributed by atoms with van der Waals surface area (Å²) >= 11 is 7.36. The van der Waals surface area contributed by atoms with Crippen molar-refractivity contribution < 1.29 is 0 Å². The highest BCUT2D eigenvalue weighted by molar-refractivity contribution is 7.98. The molecular weight excluding hydrogens is 220 g/mol. The summed E-state index contributed by atoms with van der Waals surface area (Å²) in [5.74, 6) is 0. The molecule has 0 saturated heterocycles. The first-order valence-electron chi connectivity index (χ1n) is 3.89. The molecule has 6 heteroatoms. The van der Waals surface area contributed by atoms with Crippen LogP contribution in [-0.2, 0) is 0 Å². The lowest BCUT2D eigenvalue weighted by Gasteiger charge is -2.01. The van der Waals surface area contributed by atoms with E-state index in [1.807, 2.05) is 30.5 Å². The van der Waals surface area contributed by atoms with Crippen molar-refractivity contribution in [3.8, 4) is 5.69 Å². The molecule has 0 amide bonds. The molecule has 1 heterocycles. The summed E-state index contributed by atoms with van der Waals surface area (Å²) in [6, 6.07) is 7.40. The lowest BCUT2D eigenvalue weighted by molar-refractivity contribution is 0.757. The topological polar surface area (TPSA) is 43.6 Å². The minimum atomic E-state index is 0.671. The Morgan fingerprint density at radius 2 is 2.29 bits per heavy atom. The second kappa shape index (κ2) is 3.98. The van der Waals surface area contributed by atoms with Gasteiger partial charge in [0.15, 0.2) is 0 Å². The molecule has 0 spiro atoms. The van der Waals surface area contributed by atoms with Crippen LogP contribution in [0, 0.1) is 0 Å². The average molecular weight is 227 g/mol. The van der Waals surface area contributed by atoms with Gasteiger partial charge in [0, 0.05) is 5.02 Å². The van der Waals surface area contributed by atoms with Crippen molar-refractivity contribution in [2.75, 3.05) is 6.26 Å². The van der Waals surface area contributed by atoms with Crippen molar-refractivity contribution in [2.24, 2.45) is 0 Å². The van der Waals surface area contributed by atoms with Crippen LogP contribution in [0.3, 0.4) is 0 Å². The van der Waals surface area contributed by atoms with Crippen LogP contribution in [0.5, 0.6) is 0 Å². The Kier molecular flexibility index (Phi) is 2.69. The molecule has 2 rings (SSSR count). The van der Waals surface area contributed by atoms with Crippen molar-refractivity contribution in [3.05, 3.63) is 29.3 Å². The summed E-state index contributed by atoms with van der Waals surface area (Å²) in [4.78, 5) is 0. The molecular formula is C8H7ClN4S. The summed E-state index contributed by atoms with van der Waals surface area (Å²) in [6.07, 6.45) is 1.92. The third kappa shape index (κ3) is 1.73. The van der Waals surface area contributed by atoms with Crippen molar-refractivity contribution in [1.82, 2.24) is 20.2 Å². The molecule has 0 aliphatic rings. The van der Waals surface area contributed by atoms with Gasteiger partial charge in [-0.05, 0) is 34.9 Å². The molecule has 0 fully saturated rings. The fourth-order valence-electron chi connectivity index (χ4n) is 1.08. The van der Waals surface area contributed by atoms with E-state index in [-0.39, 0.29) is 0 Å². The highest BCUT2D eigenvalue weighted by Crippen LogP contribution is 2.18. The number of nitrogens with zero attached hydrogens (tertiary/aromatic N) is 4. The number of hydrogen-bond acceptors (Lipinski definition) is 4. The molecule has 1 aromatic carbocycles. The monoisotopic (exact) mass is 226 g/mol. The fourth-order valence-corrected chi connectivity index (χ4v) is 1.69. The third-order valence-corrected chi connectivity index (χ3v) is 2.53. The first kappa shape index (κ1) is 9.48. The number of benzene rings is 1. The van der Waals surface area contributed by atoms with Gasteiger partial charge in [-0.2, -0.15) is 4.68 Å². The van der Waals surface area contributed by atoms with Crippen LogP contribution in [0.1, 0.15) is 0 Å². The number of thioether (sulfide) groups is 1. The van der Waals surface area contributed by atoms with E-state index in [2.05, 4.69) is 15.5 Å². The Hall–Kier alpha value is -1.07. The molecule has 14 heavy (non-hydrogen) atoms. The Labute approximate surface area is 90.3 Å². The summed E-state index contributed by atoms with van der Waals surface area (Å²) in [5, 5.41) is 12.7. The van der Waals surface area contributed by atoms with Gasteiger partial charge in [-0.25, -0.2) is 0 Å². The van der Waals surface area contributed by atoms with Gasteiger partial charge in [0.1, 0.15) is 0 Å². The number of hydrogen-bond donors (Lipinski definition) is 0. The van der Waals surface area contributed by atoms with Crippen molar-refractivity contribution >= 4 is 23.4 Å². The molecule has 1 aromatic heterocycles. The smallest absolute Gasteiger partial charge is 0.187 e. The summed E-state index contributed by atoms with van der Waals surface area (Å²) in [6.45, 7) is 0. The highest BCUT2D eigenvalue weighted by Gasteiger charge is 2.06. The van der Waals surface area contributed by atoms with E-state index in [1.54, 1.807) is 4.68 Å². The molecule has 0 radical (unpaired) electrons. The fraction of sp³-hybridized carbons (Fsp3) is 0.125. The Morgan fingerprint density at radius 3 is 3.00 bits per heavy atom. The second-order valence-corrected chi connectivity index (χ2v) is 3.77. The van der Waals surface area contributed by atoms with Gasteiger partial charge < -0.3 is 0 Å². The molecule has 0 N–H and O–H groups in total. The molecule has 4 nitrogen and oxygen atoms in total. The molecule has 0 atom stereocenters. The average Bonchev–Trinajstić information content (AvgIpc) is 2.65. The number of tetrazole rings is 1. The van der Waals surface area contributed by atoms with E-state index in [4.69, 9.17) is 11.6 Å². The molecule has 0 saturated carbocycles. The molecule has 72 valence electrons. The first-order valence-corrected chi connectivity index (χ1v) is 5.50. The van der Waals surface area contributed by atoms with Gasteiger partial charge in [-0.3, -0.25) is 0 Å². The van der Waals surface area contributed by atoms with Crippen molar-refractivity contribution in [2.45, 2.75) is 5.16 Å². The Balaban J connectivity index is 2.49. The summed E-state index contributed by atoms with van der Waals surface area (Å²) < 4.78 is 1.65. The maximum absolute atomic E-state index is 5.87. The molecule has 0 aliphatic heterocycles. The lowest BCUT2D eigenvalue weighted by Crippen LogP contribution is -1.97. The Bertz CT molecular complexity index is 442. The number of aromatic nitrogens is 4. The molecule has 2 aromatic rings. The minimum Gasteiger partial charge on any atom is -0.187 e. The van der Waals surface area contributed by atoms with Crippen molar-refractivity contribution in [3.63, 3.8) is 0 Å². The van der Waals surface area contributed by atoms with E-state index in [1.165, 1.54) is 11.8 Å². The first-order chi connectivity index (χ1) is 6.81. The van der Waals surface area contributed by atoms with Crippen LogP contribution in [-0.4, -0.2) is 26.5 Å². The largest absolute Gasteiger partial charge is 0.213 e. The quantitative estimate of drug-likeness (QED) is 0.735. The van der Waals surface area contributed by atoms with E-state index >= 15 is 0 Å². The maximum atomic E-state index is 5.87. The lowest BCUT2D eigenvalue weighted by atomic mass is 10.3. The van der Waals surface area contributed by atoms with Crippen LogP contribution in [0.15, 0.2) is 29.4 Å². The zero-order valence-corrected chi connectivity index (χ0v) is 8.96. The van der Waals surface area contributed by atoms with Gasteiger partial charge in [0.2, 0.25) is 5.16 Å². The second-order valence-electron chi connectivity index (χ2n) is 2.56. The predicted molar refractivity (Wildman–Crippen MR) is 55.9 cm³/mol. The van der Waals surface area contributed by atoms with E-state index < -0.39 is 0 Å². The number of rotatable bonds is 2. The van der Waals surface area contributed by atoms with E-state index in [0.29, 0.717) is 5.02 Å². The zero-order valence-electron chi connectivity index (χ0n) is 7.38. The maximum Gasteiger partial charge on any atom is 0.213 e. The zero-order chi connectivity index (χ0) is 9.97. The van der Waals surface area contributed by atoms with E-state index in [0.717, 1.165) is 10.8 Å². The molecule has 0 unspecified atom stereocenters. The summed E-state index contributed by atoms with van der Waals surface area (Å²) in [7, 11) is 0. The molecule has 0 aliphatic carbocycles. The van der Waals surface area contributed by atoms with Gasteiger partial charge in [-0.15, -0.1) is 5.10 Å².